The van der Waals surface area contributed by atoms with Crippen LogP contribution in [0.5, 0.6) is 5.75 Å². The number of piperazine rings is 1. The molecular formula is C25H24N2O3. The van der Waals surface area contributed by atoms with Crippen molar-refractivity contribution in [3.05, 3.63) is 95.6 Å². The van der Waals surface area contributed by atoms with Gasteiger partial charge in [0.05, 0.1) is 7.11 Å². The minimum Gasteiger partial charge on any atom is -0.497 e. The summed E-state index contributed by atoms with van der Waals surface area (Å²) in [5.41, 5.74) is 2.97. The highest BCUT2D eigenvalue weighted by atomic mass is 16.5. The quantitative estimate of drug-likeness (QED) is 0.610. The van der Waals surface area contributed by atoms with Crippen LogP contribution in [-0.2, 0) is 0 Å². The van der Waals surface area contributed by atoms with Gasteiger partial charge in [-0.15, -0.1) is 0 Å². The zero-order valence-electron chi connectivity index (χ0n) is 17.0. The first-order chi connectivity index (χ1) is 14.7. The largest absolute Gasteiger partial charge is 0.497 e. The lowest BCUT2D eigenvalue weighted by Crippen LogP contribution is -2.48. The molecule has 3 aromatic rings. The second-order valence-electron chi connectivity index (χ2n) is 7.25. The summed E-state index contributed by atoms with van der Waals surface area (Å²) in [5, 5.41) is 0. The van der Waals surface area contributed by atoms with Gasteiger partial charge < -0.3 is 14.5 Å². The summed E-state index contributed by atoms with van der Waals surface area (Å²) in [6.45, 7) is 2.89. The topological polar surface area (TPSA) is 49.9 Å². The van der Waals surface area contributed by atoms with Gasteiger partial charge in [-0.1, -0.05) is 42.5 Å². The molecule has 0 spiro atoms. The van der Waals surface area contributed by atoms with Crippen LogP contribution >= 0.6 is 0 Å². The third-order valence-electron chi connectivity index (χ3n) is 5.43. The fraction of sp³-hybridized carbons (Fsp3) is 0.200. The Morgan fingerprint density at radius 3 is 1.87 bits per heavy atom. The van der Waals surface area contributed by atoms with E-state index in [1.807, 2.05) is 47.4 Å². The van der Waals surface area contributed by atoms with Gasteiger partial charge in [0.25, 0.3) is 5.91 Å². The Morgan fingerprint density at radius 1 is 0.700 bits per heavy atom. The van der Waals surface area contributed by atoms with Crippen molar-refractivity contribution in [2.45, 2.75) is 0 Å². The third-order valence-corrected chi connectivity index (χ3v) is 5.43. The summed E-state index contributed by atoms with van der Waals surface area (Å²) in [6.07, 6.45) is 0. The van der Waals surface area contributed by atoms with Crippen molar-refractivity contribution in [1.29, 1.82) is 0 Å². The number of ether oxygens (including phenoxy) is 1. The van der Waals surface area contributed by atoms with Gasteiger partial charge in [0.2, 0.25) is 0 Å². The zero-order valence-corrected chi connectivity index (χ0v) is 17.0. The van der Waals surface area contributed by atoms with Crippen LogP contribution < -0.4 is 9.64 Å². The zero-order chi connectivity index (χ0) is 20.9. The van der Waals surface area contributed by atoms with Gasteiger partial charge in [-0.25, -0.2) is 0 Å². The summed E-state index contributed by atoms with van der Waals surface area (Å²) in [6, 6.07) is 24.1. The molecule has 0 aliphatic carbocycles. The monoisotopic (exact) mass is 400 g/mol. The van der Waals surface area contributed by atoms with Gasteiger partial charge in [0, 0.05) is 48.6 Å². The number of rotatable bonds is 5. The van der Waals surface area contributed by atoms with E-state index < -0.39 is 0 Å². The maximum Gasteiger partial charge on any atom is 0.253 e. The van der Waals surface area contributed by atoms with Crippen molar-refractivity contribution in [2.24, 2.45) is 0 Å². The lowest BCUT2D eigenvalue weighted by atomic mass is 10.0. The van der Waals surface area contributed by atoms with E-state index >= 15 is 0 Å². The van der Waals surface area contributed by atoms with E-state index in [4.69, 9.17) is 4.74 Å². The van der Waals surface area contributed by atoms with E-state index in [2.05, 4.69) is 4.90 Å². The minimum atomic E-state index is -0.0392. The molecule has 1 aliphatic rings. The van der Waals surface area contributed by atoms with Gasteiger partial charge in [-0.2, -0.15) is 0 Å². The number of carbonyl (C=O) groups is 2. The molecule has 30 heavy (non-hydrogen) atoms. The molecule has 1 aliphatic heterocycles. The highest BCUT2D eigenvalue weighted by Crippen LogP contribution is 2.21. The first kappa shape index (κ1) is 19.7. The van der Waals surface area contributed by atoms with Crippen LogP contribution in [0.15, 0.2) is 78.9 Å². The van der Waals surface area contributed by atoms with Crippen molar-refractivity contribution in [3.8, 4) is 5.75 Å². The highest BCUT2D eigenvalue weighted by molar-refractivity contribution is 6.09. The molecule has 0 N–H and O–H groups in total. The number of nitrogens with zero attached hydrogens (tertiary/aromatic N) is 2. The number of carbonyl (C=O) groups excluding carboxylic acids is 2. The number of anilines is 1. The summed E-state index contributed by atoms with van der Waals surface area (Å²) in [4.78, 5) is 29.6. The van der Waals surface area contributed by atoms with Crippen molar-refractivity contribution in [2.75, 3.05) is 38.2 Å². The predicted molar refractivity (Wildman–Crippen MR) is 117 cm³/mol. The standard InChI is InChI=1S/C25H24N2O3/c1-30-23-13-11-22(12-14-23)26-15-17-27(18-16-26)25(29)21-9-7-20(8-10-21)24(28)19-5-3-2-4-6-19/h2-14H,15-18H2,1H3. The fourth-order valence-corrected chi connectivity index (χ4v) is 3.66. The molecule has 5 heteroatoms. The van der Waals surface area contributed by atoms with E-state index in [0.717, 1.165) is 24.5 Å². The van der Waals surface area contributed by atoms with Crippen LogP contribution in [0, 0.1) is 0 Å². The Bertz CT molecular complexity index is 1010. The average Bonchev–Trinajstić information content (AvgIpc) is 2.84. The normalized spacial score (nSPS) is 13.8. The number of ketones is 1. The van der Waals surface area contributed by atoms with Gasteiger partial charge in [-0.05, 0) is 36.4 Å². The molecule has 3 aromatic carbocycles. The summed E-state index contributed by atoms with van der Waals surface area (Å²) in [5.74, 6) is 0.799. The van der Waals surface area contributed by atoms with Crippen molar-refractivity contribution in [1.82, 2.24) is 4.90 Å². The van der Waals surface area contributed by atoms with Crippen molar-refractivity contribution < 1.29 is 14.3 Å². The number of benzene rings is 3. The fourth-order valence-electron chi connectivity index (χ4n) is 3.66. The number of methoxy groups -OCH3 is 1. The predicted octanol–water partition coefficient (Wildman–Crippen LogP) is 3.89. The smallest absolute Gasteiger partial charge is 0.253 e. The Labute approximate surface area is 176 Å². The maximum atomic E-state index is 12.9. The van der Waals surface area contributed by atoms with Gasteiger partial charge in [-0.3, -0.25) is 9.59 Å². The van der Waals surface area contributed by atoms with Crippen molar-refractivity contribution in [3.63, 3.8) is 0 Å². The lowest BCUT2D eigenvalue weighted by molar-refractivity contribution is 0.0746. The van der Waals surface area contributed by atoms with Crippen LogP contribution in [0.1, 0.15) is 26.3 Å². The molecule has 152 valence electrons. The molecule has 0 atom stereocenters. The molecule has 0 saturated carbocycles. The lowest BCUT2D eigenvalue weighted by Gasteiger charge is -2.36. The summed E-state index contributed by atoms with van der Waals surface area (Å²) in [7, 11) is 1.66. The van der Waals surface area contributed by atoms with E-state index in [0.29, 0.717) is 29.8 Å². The van der Waals surface area contributed by atoms with Crippen LogP contribution in [0.4, 0.5) is 5.69 Å². The first-order valence-corrected chi connectivity index (χ1v) is 10.0. The highest BCUT2D eigenvalue weighted by Gasteiger charge is 2.22. The molecule has 0 unspecified atom stereocenters. The van der Waals surface area contributed by atoms with Crippen LogP contribution in [-0.4, -0.2) is 49.9 Å². The van der Waals surface area contributed by atoms with Crippen LogP contribution in [0.2, 0.25) is 0 Å². The summed E-state index contributed by atoms with van der Waals surface area (Å²) >= 11 is 0. The van der Waals surface area contributed by atoms with Crippen molar-refractivity contribution >= 4 is 17.4 Å². The number of hydrogen-bond acceptors (Lipinski definition) is 4. The average molecular weight is 400 g/mol. The molecule has 0 aromatic heterocycles. The summed E-state index contributed by atoms with van der Waals surface area (Å²) < 4.78 is 5.21. The van der Waals surface area contributed by atoms with Crippen LogP contribution in [0.3, 0.4) is 0 Å². The van der Waals surface area contributed by atoms with E-state index in [-0.39, 0.29) is 11.7 Å². The SMILES string of the molecule is COc1ccc(N2CCN(C(=O)c3ccc(C(=O)c4ccccc4)cc3)CC2)cc1. The maximum absolute atomic E-state index is 12.9. The first-order valence-electron chi connectivity index (χ1n) is 10.0. The Hall–Kier alpha value is -3.60. The molecule has 4 rings (SSSR count). The number of hydrogen-bond donors (Lipinski definition) is 0. The molecule has 1 amide bonds. The molecule has 0 radical (unpaired) electrons. The molecule has 1 fully saturated rings. The Balaban J connectivity index is 1.37. The Kier molecular flexibility index (Phi) is 5.80. The molecule has 0 bridgehead atoms. The van der Waals surface area contributed by atoms with Gasteiger partial charge >= 0.3 is 0 Å². The Morgan fingerprint density at radius 2 is 1.27 bits per heavy atom. The van der Waals surface area contributed by atoms with Gasteiger partial charge in [0.1, 0.15) is 5.75 Å². The van der Waals surface area contributed by atoms with Crippen LogP contribution in [0.25, 0.3) is 0 Å². The van der Waals surface area contributed by atoms with E-state index in [9.17, 15) is 9.59 Å². The van der Waals surface area contributed by atoms with E-state index in [1.165, 1.54) is 0 Å². The molecular weight excluding hydrogens is 376 g/mol. The molecule has 5 nitrogen and oxygen atoms in total. The second kappa shape index (κ2) is 8.82. The second-order valence-corrected chi connectivity index (χ2v) is 7.25. The minimum absolute atomic E-state index is 0.00286. The number of amides is 1. The van der Waals surface area contributed by atoms with E-state index in [1.54, 1.807) is 43.5 Å². The third kappa shape index (κ3) is 4.20. The molecule has 1 heterocycles. The molecule has 1 saturated heterocycles. The van der Waals surface area contributed by atoms with Gasteiger partial charge in [0.15, 0.2) is 5.78 Å².